The van der Waals surface area contributed by atoms with Crippen molar-refractivity contribution in [3.8, 4) is 0 Å². The molecular weight excluding hydrogens is 222 g/mol. The number of rotatable bonds is 6. The van der Waals surface area contributed by atoms with Gasteiger partial charge in [-0.25, -0.2) is 4.98 Å². The Morgan fingerprint density at radius 1 is 1.39 bits per heavy atom. The van der Waals surface area contributed by atoms with Crippen LogP contribution in [0.4, 0.5) is 0 Å². The molecule has 2 aliphatic carbocycles. The summed E-state index contributed by atoms with van der Waals surface area (Å²) in [7, 11) is 0. The maximum absolute atomic E-state index is 4.24. The maximum Gasteiger partial charge on any atom is 0.105 e. The molecule has 0 spiro atoms. The van der Waals surface area contributed by atoms with Crippen LogP contribution in [0.15, 0.2) is 24.5 Å². The molecular formula is C15H23N3. The molecule has 3 heteroatoms. The molecule has 1 aromatic heterocycles. The second-order valence-corrected chi connectivity index (χ2v) is 5.77. The fraction of sp³-hybridized carbons (Fsp3) is 0.667. The summed E-state index contributed by atoms with van der Waals surface area (Å²) in [5.74, 6) is 3.79. The van der Waals surface area contributed by atoms with Crippen LogP contribution in [-0.4, -0.2) is 22.6 Å². The Bertz CT molecular complexity index is 421. The predicted molar refractivity (Wildman–Crippen MR) is 73.3 cm³/mol. The van der Waals surface area contributed by atoms with Gasteiger partial charge in [-0.15, -0.1) is 0 Å². The molecule has 98 valence electrons. The third kappa shape index (κ3) is 2.51. The highest BCUT2D eigenvalue weighted by molar-refractivity contribution is 5.10. The number of allylic oxidation sites excluding steroid dienone is 2. The zero-order valence-corrected chi connectivity index (χ0v) is 11.2. The van der Waals surface area contributed by atoms with Crippen LogP contribution in [0.1, 0.15) is 25.1 Å². The molecule has 0 aliphatic heterocycles. The van der Waals surface area contributed by atoms with E-state index in [9.17, 15) is 0 Å². The van der Waals surface area contributed by atoms with Crippen molar-refractivity contribution in [3.63, 3.8) is 0 Å². The summed E-state index contributed by atoms with van der Waals surface area (Å²) < 4.78 is 2.22. The first kappa shape index (κ1) is 12.0. The summed E-state index contributed by atoms with van der Waals surface area (Å²) >= 11 is 0. The van der Waals surface area contributed by atoms with Crippen molar-refractivity contribution < 1.29 is 0 Å². The van der Waals surface area contributed by atoms with Gasteiger partial charge in [-0.1, -0.05) is 12.2 Å². The molecule has 1 aromatic rings. The van der Waals surface area contributed by atoms with Crippen molar-refractivity contribution in [1.82, 2.24) is 14.9 Å². The van der Waals surface area contributed by atoms with Crippen LogP contribution in [-0.2, 0) is 6.54 Å². The highest BCUT2D eigenvalue weighted by Gasteiger charge is 2.34. The molecule has 0 saturated heterocycles. The van der Waals surface area contributed by atoms with Gasteiger partial charge in [0.25, 0.3) is 0 Å². The first-order valence-electron chi connectivity index (χ1n) is 7.19. The third-order valence-electron chi connectivity index (χ3n) is 4.50. The van der Waals surface area contributed by atoms with Crippen molar-refractivity contribution in [3.05, 3.63) is 30.4 Å². The lowest BCUT2D eigenvalue weighted by atomic mass is 9.94. The van der Waals surface area contributed by atoms with Crippen molar-refractivity contribution in [2.24, 2.45) is 17.8 Å². The standard InChI is InChI=1S/C15H23N3/c1-12-17-6-8-18(12)7-2-5-16-11-15-10-13-3-4-14(15)9-13/h3-4,6,8,13-16H,2,5,7,9-11H2,1H3/t13-,14+,15-/m0/s1. The van der Waals surface area contributed by atoms with E-state index >= 15 is 0 Å². The summed E-state index contributed by atoms with van der Waals surface area (Å²) in [5.41, 5.74) is 0. The van der Waals surface area contributed by atoms with E-state index in [4.69, 9.17) is 0 Å². The lowest BCUT2D eigenvalue weighted by Gasteiger charge is -2.18. The molecule has 0 radical (unpaired) electrons. The van der Waals surface area contributed by atoms with Gasteiger partial charge >= 0.3 is 0 Å². The van der Waals surface area contributed by atoms with E-state index in [1.54, 1.807) is 0 Å². The summed E-state index contributed by atoms with van der Waals surface area (Å²) in [6.07, 6.45) is 12.8. The number of imidazole rings is 1. The monoisotopic (exact) mass is 245 g/mol. The molecule has 1 heterocycles. The zero-order chi connectivity index (χ0) is 12.4. The minimum absolute atomic E-state index is 0.874. The molecule has 3 atom stereocenters. The number of hydrogen-bond acceptors (Lipinski definition) is 2. The van der Waals surface area contributed by atoms with Crippen LogP contribution in [0.5, 0.6) is 0 Å². The number of hydrogen-bond donors (Lipinski definition) is 1. The molecule has 3 nitrogen and oxygen atoms in total. The average molecular weight is 245 g/mol. The lowest BCUT2D eigenvalue weighted by Crippen LogP contribution is -2.26. The van der Waals surface area contributed by atoms with E-state index in [1.165, 1.54) is 25.8 Å². The molecule has 2 aliphatic rings. The van der Waals surface area contributed by atoms with Gasteiger partial charge in [0.1, 0.15) is 5.82 Å². The molecule has 0 amide bonds. The van der Waals surface area contributed by atoms with E-state index in [2.05, 4.69) is 40.1 Å². The molecule has 1 fully saturated rings. The quantitative estimate of drug-likeness (QED) is 0.616. The predicted octanol–water partition coefficient (Wildman–Crippen LogP) is 2.38. The van der Waals surface area contributed by atoms with Crippen molar-refractivity contribution in [1.29, 1.82) is 0 Å². The van der Waals surface area contributed by atoms with Gasteiger partial charge in [-0.3, -0.25) is 0 Å². The highest BCUT2D eigenvalue weighted by Crippen LogP contribution is 2.42. The normalized spacial score (nSPS) is 29.3. The first-order chi connectivity index (χ1) is 8.83. The number of aromatic nitrogens is 2. The first-order valence-corrected chi connectivity index (χ1v) is 7.19. The molecule has 2 bridgehead atoms. The fourth-order valence-corrected chi connectivity index (χ4v) is 3.43. The van der Waals surface area contributed by atoms with Gasteiger partial charge in [0.05, 0.1) is 0 Å². The topological polar surface area (TPSA) is 29.9 Å². The maximum atomic E-state index is 4.24. The number of aryl methyl sites for hydroxylation is 2. The Morgan fingerprint density at radius 2 is 2.33 bits per heavy atom. The van der Waals surface area contributed by atoms with E-state index < -0.39 is 0 Å². The van der Waals surface area contributed by atoms with E-state index in [0.717, 1.165) is 36.7 Å². The molecule has 18 heavy (non-hydrogen) atoms. The Kier molecular flexibility index (Phi) is 3.50. The number of fused-ring (bicyclic) bond motifs is 2. The molecule has 3 rings (SSSR count). The van der Waals surface area contributed by atoms with Gasteiger partial charge < -0.3 is 9.88 Å². The van der Waals surface area contributed by atoms with Crippen molar-refractivity contribution >= 4 is 0 Å². The highest BCUT2D eigenvalue weighted by atomic mass is 15.1. The summed E-state index contributed by atoms with van der Waals surface area (Å²) in [4.78, 5) is 4.24. The summed E-state index contributed by atoms with van der Waals surface area (Å²) in [5, 5.41) is 3.63. The second-order valence-electron chi connectivity index (χ2n) is 5.77. The summed E-state index contributed by atoms with van der Waals surface area (Å²) in [6, 6.07) is 0. The Balaban J connectivity index is 1.32. The van der Waals surface area contributed by atoms with Gasteiger partial charge in [-0.2, -0.15) is 0 Å². The van der Waals surface area contributed by atoms with Crippen LogP contribution in [0.2, 0.25) is 0 Å². The van der Waals surface area contributed by atoms with E-state index in [1.807, 2.05) is 6.20 Å². The van der Waals surface area contributed by atoms with Crippen LogP contribution in [0.25, 0.3) is 0 Å². The van der Waals surface area contributed by atoms with Crippen LogP contribution >= 0.6 is 0 Å². The SMILES string of the molecule is Cc1nccn1CCCNC[C@@H]1C[C@H]2C=C[C@@H]1C2. The summed E-state index contributed by atoms with van der Waals surface area (Å²) in [6.45, 7) is 5.47. The zero-order valence-electron chi connectivity index (χ0n) is 11.2. The minimum atomic E-state index is 0.874. The van der Waals surface area contributed by atoms with Gasteiger partial charge in [0, 0.05) is 18.9 Å². The fourth-order valence-electron chi connectivity index (χ4n) is 3.43. The Labute approximate surface area is 109 Å². The van der Waals surface area contributed by atoms with Gasteiger partial charge in [-0.05, 0) is 57.0 Å². The third-order valence-corrected chi connectivity index (χ3v) is 4.50. The number of nitrogens with one attached hydrogen (secondary N) is 1. The smallest absolute Gasteiger partial charge is 0.105 e. The van der Waals surface area contributed by atoms with E-state index in [0.29, 0.717) is 0 Å². The lowest BCUT2D eigenvalue weighted by molar-refractivity contribution is 0.409. The van der Waals surface area contributed by atoms with E-state index in [-0.39, 0.29) is 0 Å². The van der Waals surface area contributed by atoms with Crippen molar-refractivity contribution in [2.75, 3.05) is 13.1 Å². The van der Waals surface area contributed by atoms with Crippen LogP contribution in [0, 0.1) is 24.7 Å². The van der Waals surface area contributed by atoms with Crippen LogP contribution < -0.4 is 5.32 Å². The van der Waals surface area contributed by atoms with Crippen LogP contribution in [0.3, 0.4) is 0 Å². The molecule has 0 aromatic carbocycles. The Morgan fingerprint density at radius 3 is 3.00 bits per heavy atom. The largest absolute Gasteiger partial charge is 0.335 e. The molecule has 0 unspecified atom stereocenters. The van der Waals surface area contributed by atoms with Gasteiger partial charge in [0.2, 0.25) is 0 Å². The second kappa shape index (κ2) is 5.27. The van der Waals surface area contributed by atoms with Gasteiger partial charge in [0.15, 0.2) is 0 Å². The Hall–Kier alpha value is -1.09. The molecule has 1 N–H and O–H groups in total. The number of nitrogens with zero attached hydrogens (tertiary/aromatic N) is 2. The van der Waals surface area contributed by atoms with Crippen molar-refractivity contribution in [2.45, 2.75) is 32.7 Å². The average Bonchev–Trinajstić information content (AvgIpc) is 3.06. The molecule has 1 saturated carbocycles. The minimum Gasteiger partial charge on any atom is -0.335 e.